The van der Waals surface area contributed by atoms with Gasteiger partial charge in [0.25, 0.3) is 0 Å². The summed E-state index contributed by atoms with van der Waals surface area (Å²) in [4.78, 5) is 14.6. The van der Waals surface area contributed by atoms with E-state index < -0.39 is 0 Å². The van der Waals surface area contributed by atoms with E-state index in [4.69, 9.17) is 4.74 Å². The van der Waals surface area contributed by atoms with Gasteiger partial charge in [-0.1, -0.05) is 6.07 Å². The molecule has 0 unspecified atom stereocenters. The van der Waals surface area contributed by atoms with Gasteiger partial charge in [0.1, 0.15) is 0 Å². The van der Waals surface area contributed by atoms with Gasteiger partial charge >= 0.3 is 0 Å². The van der Waals surface area contributed by atoms with Crippen molar-refractivity contribution < 1.29 is 9.53 Å². The molecule has 2 rings (SSSR count). The van der Waals surface area contributed by atoms with Gasteiger partial charge in [-0.05, 0) is 55.5 Å². The summed E-state index contributed by atoms with van der Waals surface area (Å²) in [7, 11) is 0. The molecule has 0 spiro atoms. The van der Waals surface area contributed by atoms with Crippen molar-refractivity contribution in [3.8, 4) is 0 Å². The lowest BCUT2D eigenvalue weighted by atomic mass is 9.92. The van der Waals surface area contributed by atoms with Crippen LogP contribution in [0.1, 0.15) is 27.8 Å². The fourth-order valence-corrected chi connectivity index (χ4v) is 2.96. The summed E-state index contributed by atoms with van der Waals surface area (Å²) < 4.78 is 5.33. The number of hydrogen-bond donors (Lipinski definition) is 1. The molecule has 0 saturated carbocycles. The van der Waals surface area contributed by atoms with Crippen LogP contribution in [0.4, 0.5) is 0 Å². The van der Waals surface area contributed by atoms with Crippen molar-refractivity contribution in [2.45, 2.75) is 34.1 Å². The third-order valence-electron chi connectivity index (χ3n) is 4.71. The lowest BCUT2D eigenvalue weighted by Gasteiger charge is -2.26. The predicted molar refractivity (Wildman–Crippen MR) is 89.4 cm³/mol. The molecule has 0 radical (unpaired) electrons. The van der Waals surface area contributed by atoms with Crippen molar-refractivity contribution in [3.63, 3.8) is 0 Å². The number of nitrogens with one attached hydrogen (secondary N) is 1. The minimum Gasteiger partial charge on any atom is -0.379 e. The van der Waals surface area contributed by atoms with Gasteiger partial charge in [-0.3, -0.25) is 9.69 Å². The minimum absolute atomic E-state index is 0.115. The van der Waals surface area contributed by atoms with Crippen molar-refractivity contribution in [1.29, 1.82) is 0 Å². The van der Waals surface area contributed by atoms with Gasteiger partial charge < -0.3 is 10.1 Å². The SMILES string of the molecule is Cc1cc(C)c(C)c(CC(=O)NCCN2CCOCC2)c1C. The van der Waals surface area contributed by atoms with Crippen LogP contribution in [-0.4, -0.2) is 50.2 Å². The molecule has 1 fully saturated rings. The van der Waals surface area contributed by atoms with Crippen molar-refractivity contribution in [1.82, 2.24) is 10.2 Å². The van der Waals surface area contributed by atoms with E-state index in [9.17, 15) is 4.79 Å². The molecule has 0 atom stereocenters. The number of amides is 1. The third-order valence-corrected chi connectivity index (χ3v) is 4.71. The third kappa shape index (κ3) is 4.31. The van der Waals surface area contributed by atoms with Gasteiger partial charge in [0, 0.05) is 26.2 Å². The largest absolute Gasteiger partial charge is 0.379 e. The minimum atomic E-state index is 0.115. The second-order valence-corrected chi connectivity index (χ2v) is 6.22. The van der Waals surface area contributed by atoms with E-state index in [1.165, 1.54) is 27.8 Å². The first kappa shape index (κ1) is 17.0. The number of morpholine rings is 1. The summed E-state index contributed by atoms with van der Waals surface area (Å²) in [5.74, 6) is 0.115. The number of aryl methyl sites for hydroxylation is 2. The molecule has 1 N–H and O–H groups in total. The average Bonchev–Trinajstić information content (AvgIpc) is 2.51. The van der Waals surface area contributed by atoms with E-state index in [1.807, 2.05) is 0 Å². The molecule has 1 heterocycles. The zero-order chi connectivity index (χ0) is 16.1. The van der Waals surface area contributed by atoms with Gasteiger partial charge in [0.05, 0.1) is 19.6 Å². The summed E-state index contributed by atoms with van der Waals surface area (Å²) in [5.41, 5.74) is 6.19. The highest BCUT2D eigenvalue weighted by atomic mass is 16.5. The van der Waals surface area contributed by atoms with Crippen LogP contribution in [0.3, 0.4) is 0 Å². The topological polar surface area (TPSA) is 41.6 Å². The number of nitrogens with zero attached hydrogens (tertiary/aromatic N) is 1. The molecule has 122 valence electrons. The van der Waals surface area contributed by atoms with Gasteiger partial charge in [-0.25, -0.2) is 0 Å². The molecular formula is C18H28N2O2. The van der Waals surface area contributed by atoms with Crippen molar-refractivity contribution >= 4 is 5.91 Å². The summed E-state index contributed by atoms with van der Waals surface area (Å²) in [6, 6.07) is 2.20. The van der Waals surface area contributed by atoms with E-state index >= 15 is 0 Å². The second-order valence-electron chi connectivity index (χ2n) is 6.22. The highest BCUT2D eigenvalue weighted by Crippen LogP contribution is 2.22. The molecule has 1 aliphatic rings. The Morgan fingerprint density at radius 2 is 1.73 bits per heavy atom. The molecule has 1 saturated heterocycles. The van der Waals surface area contributed by atoms with Crippen LogP contribution in [0, 0.1) is 27.7 Å². The van der Waals surface area contributed by atoms with Gasteiger partial charge in [-0.15, -0.1) is 0 Å². The normalized spacial score (nSPS) is 15.8. The Balaban J connectivity index is 1.87. The van der Waals surface area contributed by atoms with E-state index in [0.29, 0.717) is 13.0 Å². The fourth-order valence-electron chi connectivity index (χ4n) is 2.96. The lowest BCUT2D eigenvalue weighted by molar-refractivity contribution is -0.120. The Labute approximate surface area is 133 Å². The molecular weight excluding hydrogens is 276 g/mol. The second kappa shape index (κ2) is 7.75. The van der Waals surface area contributed by atoms with Crippen LogP contribution < -0.4 is 5.32 Å². The molecule has 22 heavy (non-hydrogen) atoms. The molecule has 0 aliphatic carbocycles. The number of carbonyl (C=O) groups excluding carboxylic acids is 1. The van der Waals surface area contributed by atoms with Gasteiger partial charge in [0.2, 0.25) is 5.91 Å². The molecule has 0 aromatic heterocycles. The van der Waals surface area contributed by atoms with Crippen LogP contribution in [0.5, 0.6) is 0 Å². The Bertz CT molecular complexity index is 508. The average molecular weight is 304 g/mol. The zero-order valence-electron chi connectivity index (χ0n) is 14.3. The Morgan fingerprint density at radius 3 is 2.32 bits per heavy atom. The Morgan fingerprint density at radius 1 is 1.14 bits per heavy atom. The number of rotatable bonds is 5. The molecule has 1 amide bonds. The van der Waals surface area contributed by atoms with E-state index in [0.717, 1.165) is 32.8 Å². The number of hydrogen-bond acceptors (Lipinski definition) is 3. The van der Waals surface area contributed by atoms with Crippen LogP contribution in [0.2, 0.25) is 0 Å². The van der Waals surface area contributed by atoms with E-state index in [1.54, 1.807) is 0 Å². The molecule has 0 bridgehead atoms. The molecule has 4 heteroatoms. The summed E-state index contributed by atoms with van der Waals surface area (Å²) >= 11 is 0. The Kier molecular flexibility index (Phi) is 5.98. The van der Waals surface area contributed by atoms with Crippen LogP contribution in [0.15, 0.2) is 6.07 Å². The first-order chi connectivity index (χ1) is 10.5. The fraction of sp³-hybridized carbons (Fsp3) is 0.611. The smallest absolute Gasteiger partial charge is 0.224 e. The number of ether oxygens (including phenoxy) is 1. The molecule has 4 nitrogen and oxygen atoms in total. The highest BCUT2D eigenvalue weighted by Gasteiger charge is 2.13. The molecule has 1 aromatic rings. The van der Waals surface area contributed by atoms with Crippen LogP contribution >= 0.6 is 0 Å². The number of carbonyl (C=O) groups is 1. The standard InChI is InChI=1S/C18H28N2O2/c1-13-11-14(2)16(4)17(15(13)3)12-18(21)19-5-6-20-7-9-22-10-8-20/h11H,5-10,12H2,1-4H3,(H,19,21). The van der Waals surface area contributed by atoms with Gasteiger partial charge in [-0.2, -0.15) is 0 Å². The zero-order valence-corrected chi connectivity index (χ0v) is 14.3. The number of benzene rings is 1. The quantitative estimate of drug-likeness (QED) is 0.903. The molecule has 1 aliphatic heterocycles. The van der Waals surface area contributed by atoms with E-state index in [-0.39, 0.29) is 5.91 Å². The van der Waals surface area contributed by atoms with Crippen molar-refractivity contribution in [2.75, 3.05) is 39.4 Å². The molecule has 1 aromatic carbocycles. The van der Waals surface area contributed by atoms with Crippen LogP contribution in [0.25, 0.3) is 0 Å². The summed E-state index contributed by atoms with van der Waals surface area (Å²) in [5, 5.41) is 3.05. The maximum Gasteiger partial charge on any atom is 0.224 e. The Hall–Kier alpha value is -1.39. The summed E-state index contributed by atoms with van der Waals surface area (Å²) in [6.45, 7) is 13.6. The highest BCUT2D eigenvalue weighted by molar-refractivity contribution is 5.79. The maximum atomic E-state index is 12.2. The first-order valence-corrected chi connectivity index (χ1v) is 8.12. The maximum absolute atomic E-state index is 12.2. The van der Waals surface area contributed by atoms with Gasteiger partial charge in [0.15, 0.2) is 0 Å². The van der Waals surface area contributed by atoms with Crippen LogP contribution in [-0.2, 0) is 16.0 Å². The predicted octanol–water partition coefficient (Wildman–Crippen LogP) is 1.91. The first-order valence-electron chi connectivity index (χ1n) is 8.12. The van der Waals surface area contributed by atoms with Crippen molar-refractivity contribution in [2.24, 2.45) is 0 Å². The van der Waals surface area contributed by atoms with E-state index in [2.05, 4.69) is 44.0 Å². The van der Waals surface area contributed by atoms with Crippen molar-refractivity contribution in [3.05, 3.63) is 33.9 Å². The lowest BCUT2D eigenvalue weighted by Crippen LogP contribution is -2.41. The summed E-state index contributed by atoms with van der Waals surface area (Å²) in [6.07, 6.45) is 0.475. The monoisotopic (exact) mass is 304 g/mol.